The van der Waals surface area contributed by atoms with Crippen molar-refractivity contribution in [3.63, 3.8) is 0 Å². The van der Waals surface area contributed by atoms with E-state index < -0.39 is 0 Å². The Kier molecular flexibility index (Phi) is 4.78. The van der Waals surface area contributed by atoms with Crippen molar-refractivity contribution >= 4 is 69.2 Å². The first kappa shape index (κ1) is 16.5. The molecule has 2 aromatic carbocycles. The highest BCUT2D eigenvalue weighted by molar-refractivity contribution is 8.27. The van der Waals surface area contributed by atoms with Crippen molar-refractivity contribution in [3.05, 3.63) is 68.5 Å². The summed E-state index contributed by atoms with van der Waals surface area (Å²) in [6.45, 7) is 2.02. The lowest BCUT2D eigenvalue weighted by Gasteiger charge is -2.15. The van der Waals surface area contributed by atoms with Gasteiger partial charge in [0.25, 0.3) is 5.91 Å². The van der Waals surface area contributed by atoms with Gasteiger partial charge in [-0.1, -0.05) is 77.0 Å². The first-order chi connectivity index (χ1) is 11.0. The molecule has 0 spiro atoms. The number of thioether (sulfide) groups is 1. The predicted octanol–water partition coefficient (Wildman–Crippen LogP) is 5.71. The zero-order valence-corrected chi connectivity index (χ0v) is 15.2. The fourth-order valence-electron chi connectivity index (χ4n) is 2.13. The number of anilines is 1. The minimum atomic E-state index is -0.154. The van der Waals surface area contributed by atoms with Crippen LogP contribution in [0, 0.1) is 6.92 Å². The number of hydrogen-bond donors (Lipinski definition) is 0. The van der Waals surface area contributed by atoms with Crippen LogP contribution in [0.5, 0.6) is 0 Å². The Labute approximate surface area is 154 Å². The van der Waals surface area contributed by atoms with Crippen LogP contribution < -0.4 is 4.90 Å². The summed E-state index contributed by atoms with van der Waals surface area (Å²) in [5.41, 5.74) is 2.75. The molecule has 0 N–H and O–H groups in total. The van der Waals surface area contributed by atoms with Crippen molar-refractivity contribution in [2.24, 2.45) is 0 Å². The van der Waals surface area contributed by atoms with Crippen LogP contribution in [0.15, 0.2) is 47.4 Å². The van der Waals surface area contributed by atoms with E-state index in [2.05, 4.69) is 0 Å². The molecule has 1 aliphatic rings. The highest BCUT2D eigenvalue weighted by Gasteiger charge is 2.33. The summed E-state index contributed by atoms with van der Waals surface area (Å²) < 4.78 is 0.478. The molecule has 1 aliphatic heterocycles. The SMILES string of the molecule is Cc1ccc(C=C2SC(=S)N(c3ccc(Cl)c(Cl)c3)C2=O)cc1. The van der Waals surface area contributed by atoms with E-state index in [9.17, 15) is 4.79 Å². The van der Waals surface area contributed by atoms with E-state index in [4.69, 9.17) is 35.4 Å². The quantitative estimate of drug-likeness (QED) is 0.492. The predicted molar refractivity (Wildman–Crippen MR) is 103 cm³/mol. The normalized spacial score (nSPS) is 16.5. The Balaban J connectivity index is 1.93. The summed E-state index contributed by atoms with van der Waals surface area (Å²) in [5, 5.41) is 0.830. The summed E-state index contributed by atoms with van der Waals surface area (Å²) in [6.07, 6.45) is 1.84. The maximum absolute atomic E-state index is 12.7. The second kappa shape index (κ2) is 6.65. The number of amides is 1. The van der Waals surface area contributed by atoms with Gasteiger partial charge in [-0.05, 0) is 36.8 Å². The lowest BCUT2D eigenvalue weighted by molar-refractivity contribution is -0.113. The number of hydrogen-bond acceptors (Lipinski definition) is 3. The van der Waals surface area contributed by atoms with Gasteiger partial charge in [0, 0.05) is 0 Å². The molecule has 1 saturated heterocycles. The summed E-state index contributed by atoms with van der Waals surface area (Å²) in [4.78, 5) is 14.7. The molecule has 6 heteroatoms. The molecule has 0 radical (unpaired) electrons. The number of thiocarbonyl (C=S) groups is 1. The third kappa shape index (κ3) is 3.45. The molecule has 2 aromatic rings. The van der Waals surface area contributed by atoms with Gasteiger partial charge in [-0.25, -0.2) is 0 Å². The van der Waals surface area contributed by atoms with Gasteiger partial charge >= 0.3 is 0 Å². The van der Waals surface area contributed by atoms with Gasteiger partial charge in [-0.2, -0.15) is 0 Å². The Morgan fingerprint density at radius 3 is 2.43 bits per heavy atom. The van der Waals surface area contributed by atoms with Crippen LogP contribution in [0.25, 0.3) is 6.08 Å². The van der Waals surface area contributed by atoms with Gasteiger partial charge in [0.05, 0.1) is 20.6 Å². The number of halogens is 2. The van der Waals surface area contributed by atoms with Gasteiger partial charge in [0.1, 0.15) is 0 Å². The highest BCUT2D eigenvalue weighted by Crippen LogP contribution is 2.37. The average Bonchev–Trinajstić information content (AvgIpc) is 2.79. The minimum Gasteiger partial charge on any atom is -0.268 e. The molecular formula is C17H11Cl2NOS2. The van der Waals surface area contributed by atoms with E-state index in [1.165, 1.54) is 22.2 Å². The molecule has 0 aliphatic carbocycles. The molecule has 2 nitrogen and oxygen atoms in total. The zero-order chi connectivity index (χ0) is 16.6. The Bertz CT molecular complexity index is 831. The number of rotatable bonds is 2. The van der Waals surface area contributed by atoms with Crippen molar-refractivity contribution < 1.29 is 4.79 Å². The maximum Gasteiger partial charge on any atom is 0.270 e. The lowest BCUT2D eigenvalue weighted by atomic mass is 10.1. The summed E-state index contributed by atoms with van der Waals surface area (Å²) in [7, 11) is 0. The molecule has 0 aromatic heterocycles. The minimum absolute atomic E-state index is 0.154. The first-order valence-electron chi connectivity index (χ1n) is 6.75. The van der Waals surface area contributed by atoms with Gasteiger partial charge < -0.3 is 0 Å². The topological polar surface area (TPSA) is 20.3 Å². The van der Waals surface area contributed by atoms with E-state index >= 15 is 0 Å². The van der Waals surface area contributed by atoms with Crippen LogP contribution in [0.4, 0.5) is 5.69 Å². The molecule has 3 rings (SSSR count). The van der Waals surface area contributed by atoms with Crippen LogP contribution in [0.3, 0.4) is 0 Å². The molecular weight excluding hydrogens is 369 g/mol. The van der Waals surface area contributed by atoms with Crippen LogP contribution in [-0.4, -0.2) is 10.2 Å². The second-order valence-corrected chi connectivity index (χ2v) is 7.52. The van der Waals surface area contributed by atoms with Crippen molar-refractivity contribution in [1.29, 1.82) is 0 Å². The van der Waals surface area contributed by atoms with Crippen molar-refractivity contribution in [1.82, 2.24) is 0 Å². The Morgan fingerprint density at radius 2 is 1.78 bits per heavy atom. The van der Waals surface area contributed by atoms with Crippen LogP contribution in [0.1, 0.15) is 11.1 Å². The van der Waals surface area contributed by atoms with Gasteiger partial charge in [-0.15, -0.1) is 0 Å². The van der Waals surface area contributed by atoms with Crippen LogP contribution in [0.2, 0.25) is 10.0 Å². The van der Waals surface area contributed by atoms with Gasteiger partial charge in [0.2, 0.25) is 0 Å². The van der Waals surface area contributed by atoms with Crippen molar-refractivity contribution in [2.75, 3.05) is 4.90 Å². The van der Waals surface area contributed by atoms with Crippen LogP contribution in [-0.2, 0) is 4.79 Å². The van der Waals surface area contributed by atoms with Crippen molar-refractivity contribution in [3.8, 4) is 0 Å². The zero-order valence-electron chi connectivity index (χ0n) is 12.0. The second-order valence-electron chi connectivity index (χ2n) is 5.03. The van der Waals surface area contributed by atoms with E-state index in [1.54, 1.807) is 18.2 Å². The molecule has 1 amide bonds. The first-order valence-corrected chi connectivity index (χ1v) is 8.73. The summed E-state index contributed by atoms with van der Waals surface area (Å²) >= 11 is 18.6. The van der Waals surface area contributed by atoms with E-state index in [0.717, 1.165) is 5.56 Å². The maximum atomic E-state index is 12.7. The number of carbonyl (C=O) groups is 1. The molecule has 0 saturated carbocycles. The number of nitrogens with zero attached hydrogens (tertiary/aromatic N) is 1. The lowest BCUT2D eigenvalue weighted by Crippen LogP contribution is -2.27. The Morgan fingerprint density at radius 1 is 1.09 bits per heavy atom. The molecule has 116 valence electrons. The molecule has 1 fully saturated rings. The third-order valence-electron chi connectivity index (χ3n) is 3.33. The molecule has 0 atom stereocenters. The largest absolute Gasteiger partial charge is 0.270 e. The van der Waals surface area contributed by atoms with E-state index in [-0.39, 0.29) is 5.91 Å². The fraction of sp³-hybridized carbons (Fsp3) is 0.0588. The number of carbonyl (C=O) groups excluding carboxylic acids is 1. The molecule has 0 unspecified atom stereocenters. The van der Waals surface area contributed by atoms with Crippen molar-refractivity contribution in [2.45, 2.75) is 6.92 Å². The highest BCUT2D eigenvalue weighted by atomic mass is 35.5. The van der Waals surface area contributed by atoms with E-state index in [0.29, 0.717) is 25.0 Å². The standard InChI is InChI=1S/C17H11Cl2NOS2/c1-10-2-4-11(5-3-10)8-15-16(21)20(17(22)23-15)12-6-7-13(18)14(19)9-12/h2-9H,1H3. The monoisotopic (exact) mass is 379 g/mol. The third-order valence-corrected chi connectivity index (χ3v) is 5.37. The Hall–Kier alpha value is -1.33. The molecule has 1 heterocycles. The smallest absolute Gasteiger partial charge is 0.268 e. The van der Waals surface area contributed by atoms with E-state index in [1.807, 2.05) is 37.3 Å². The van der Waals surface area contributed by atoms with Crippen LogP contribution >= 0.6 is 47.2 Å². The molecule has 0 bridgehead atoms. The number of benzene rings is 2. The average molecular weight is 380 g/mol. The summed E-state index contributed by atoms with van der Waals surface area (Å²) in [5.74, 6) is -0.154. The molecule has 23 heavy (non-hydrogen) atoms. The van der Waals surface area contributed by atoms with Gasteiger partial charge in [0.15, 0.2) is 4.32 Å². The summed E-state index contributed by atoms with van der Waals surface area (Å²) in [6, 6.07) is 13.0. The number of aryl methyl sites for hydroxylation is 1. The fourth-order valence-corrected chi connectivity index (χ4v) is 3.72. The van der Waals surface area contributed by atoms with Gasteiger partial charge in [-0.3, -0.25) is 9.69 Å².